The van der Waals surface area contributed by atoms with E-state index in [0.29, 0.717) is 45.2 Å². The summed E-state index contributed by atoms with van der Waals surface area (Å²) >= 11 is 0. The molecule has 3 saturated heterocycles. The van der Waals surface area contributed by atoms with Crippen LogP contribution in [0.25, 0.3) is 0 Å². The summed E-state index contributed by atoms with van der Waals surface area (Å²) in [4.78, 5) is 76.4. The summed E-state index contributed by atoms with van der Waals surface area (Å²) in [7, 11) is 0. The van der Waals surface area contributed by atoms with Gasteiger partial charge in [-0.15, -0.1) is 0 Å². The molecule has 14 heteroatoms. The Balaban J connectivity index is 1.46. The second kappa shape index (κ2) is 17.1. The van der Waals surface area contributed by atoms with Crippen molar-refractivity contribution < 1.29 is 33.8 Å². The van der Waals surface area contributed by atoms with E-state index in [1.807, 2.05) is 55.7 Å². The van der Waals surface area contributed by atoms with Crippen LogP contribution in [0.1, 0.15) is 64.3 Å². The number of fused-ring (bicyclic) bond motifs is 3. The third-order valence-electron chi connectivity index (χ3n) is 9.75. The quantitative estimate of drug-likeness (QED) is 0.310. The van der Waals surface area contributed by atoms with Crippen LogP contribution < -0.4 is 16.0 Å². The number of hydrogen-bond acceptors (Lipinski definition) is 8. The zero-order valence-corrected chi connectivity index (χ0v) is 29.3. The van der Waals surface area contributed by atoms with Crippen molar-refractivity contribution in [2.45, 2.75) is 109 Å². The van der Waals surface area contributed by atoms with Crippen molar-refractivity contribution in [1.29, 1.82) is 0 Å². The molecule has 5 rings (SSSR count). The highest BCUT2D eigenvalue weighted by molar-refractivity contribution is 5.95. The lowest BCUT2D eigenvalue weighted by Crippen LogP contribution is -2.60. The molecule has 2 aromatic rings. The number of aryl methyl sites for hydroxylation is 2. The lowest BCUT2D eigenvalue weighted by Gasteiger charge is -2.38. The lowest BCUT2D eigenvalue weighted by atomic mass is 9.97. The van der Waals surface area contributed by atoms with Crippen LogP contribution in [0.4, 0.5) is 0 Å². The van der Waals surface area contributed by atoms with Crippen LogP contribution in [0, 0.1) is 5.92 Å². The van der Waals surface area contributed by atoms with Gasteiger partial charge in [0.1, 0.15) is 36.2 Å². The number of aromatic nitrogens is 2. The average molecular weight is 694 g/mol. The van der Waals surface area contributed by atoms with Gasteiger partial charge in [0.15, 0.2) is 0 Å². The van der Waals surface area contributed by atoms with Gasteiger partial charge in [0.2, 0.25) is 29.5 Å². The van der Waals surface area contributed by atoms with Crippen LogP contribution in [0.3, 0.4) is 0 Å². The molecule has 0 aliphatic carbocycles. The zero-order chi connectivity index (χ0) is 35.8. The van der Waals surface area contributed by atoms with Crippen molar-refractivity contribution in [3.05, 3.63) is 54.1 Å². The van der Waals surface area contributed by atoms with Crippen molar-refractivity contribution in [1.82, 2.24) is 35.3 Å². The normalized spacial score (nSPS) is 27.0. The number of nitrogens with zero attached hydrogens (tertiary/aromatic N) is 4. The number of amides is 5. The Morgan fingerprint density at radius 2 is 1.82 bits per heavy atom. The molecule has 3 aliphatic rings. The van der Waals surface area contributed by atoms with Crippen LogP contribution in [-0.2, 0) is 48.1 Å². The maximum atomic E-state index is 14.2. The number of hydrogen-bond donors (Lipinski definition) is 4. The largest absolute Gasteiger partial charge is 0.388 e. The van der Waals surface area contributed by atoms with Gasteiger partial charge < -0.3 is 40.2 Å². The topological polar surface area (TPSA) is 175 Å². The van der Waals surface area contributed by atoms with Gasteiger partial charge in [-0.25, -0.2) is 4.98 Å². The molecular formula is C36H51N7O7. The molecule has 50 heavy (non-hydrogen) atoms. The van der Waals surface area contributed by atoms with Gasteiger partial charge >= 0.3 is 0 Å². The number of carbonyl (C=O) groups is 5. The Labute approximate surface area is 293 Å². The number of aliphatic hydroxyl groups excluding tert-OH is 1. The van der Waals surface area contributed by atoms with E-state index in [1.54, 1.807) is 12.4 Å². The first-order valence-corrected chi connectivity index (χ1v) is 17.9. The summed E-state index contributed by atoms with van der Waals surface area (Å²) in [5.74, 6) is -1.28. The van der Waals surface area contributed by atoms with Crippen LogP contribution in [0.15, 0.2) is 42.7 Å². The number of ether oxygens (including phenoxy) is 1. The fourth-order valence-electron chi connectivity index (χ4n) is 7.12. The number of nitrogens with one attached hydrogen (secondary N) is 3. The number of imidazole rings is 1. The third kappa shape index (κ3) is 9.27. The molecule has 272 valence electrons. The minimum Gasteiger partial charge on any atom is -0.388 e. The number of benzene rings is 1. The van der Waals surface area contributed by atoms with E-state index in [1.165, 1.54) is 9.80 Å². The maximum absolute atomic E-state index is 14.2. The van der Waals surface area contributed by atoms with Crippen LogP contribution in [-0.4, -0.2) is 117 Å². The third-order valence-corrected chi connectivity index (χ3v) is 9.75. The molecule has 3 aliphatic heterocycles. The van der Waals surface area contributed by atoms with Crippen LogP contribution in [0.5, 0.6) is 0 Å². The number of carbonyl (C=O) groups excluding carboxylic acids is 5. The van der Waals surface area contributed by atoms with Crippen LogP contribution in [0.2, 0.25) is 0 Å². The lowest BCUT2D eigenvalue weighted by molar-refractivity contribution is -0.146. The molecular weight excluding hydrogens is 642 g/mol. The smallest absolute Gasteiger partial charge is 0.246 e. The first-order valence-electron chi connectivity index (χ1n) is 17.9. The molecule has 1 aromatic heterocycles. The Kier molecular flexibility index (Phi) is 12.6. The maximum Gasteiger partial charge on any atom is 0.246 e. The van der Waals surface area contributed by atoms with E-state index in [9.17, 15) is 29.1 Å². The Bertz CT molecular complexity index is 1500. The standard InChI is InChI=1S/C36H51N7O7/c1-4-30-37-14-17-41(30)16-12-32(45)42-21-29-33(46)25(13-18-50-29)39-34(47)26(19-23(2)3)40-35(48)28-11-8-15-43(28)36(49)27(38-31(44)22-42)20-24-9-6-5-7-10-24/h5-7,9-10,14,17,23,25-29,33,46H,4,8,11-13,15-16,18-22H2,1-3H3,(H,38,44)(H,39,47)(H,40,48)/t25-,26+,27-,28+,29+,33-/m0/s1. The van der Waals surface area contributed by atoms with Crippen molar-refractivity contribution >= 4 is 29.5 Å². The minimum atomic E-state index is -1.18. The molecule has 4 heterocycles. The van der Waals surface area contributed by atoms with Crippen LogP contribution >= 0.6 is 0 Å². The summed E-state index contributed by atoms with van der Waals surface area (Å²) in [5, 5.41) is 20.1. The van der Waals surface area contributed by atoms with E-state index < -0.39 is 60.0 Å². The molecule has 6 atom stereocenters. The predicted octanol–water partition coefficient (Wildman–Crippen LogP) is 0.562. The highest BCUT2D eigenvalue weighted by Gasteiger charge is 2.41. The molecule has 0 saturated carbocycles. The first kappa shape index (κ1) is 37.0. The Morgan fingerprint density at radius 1 is 1.04 bits per heavy atom. The molecule has 0 radical (unpaired) electrons. The van der Waals surface area contributed by atoms with Gasteiger partial charge in [-0.1, -0.05) is 51.1 Å². The molecule has 4 N–H and O–H groups in total. The molecule has 14 nitrogen and oxygen atoms in total. The monoisotopic (exact) mass is 693 g/mol. The van der Waals surface area contributed by atoms with Crippen molar-refractivity contribution in [3.63, 3.8) is 0 Å². The highest BCUT2D eigenvalue weighted by atomic mass is 16.5. The van der Waals surface area contributed by atoms with E-state index in [4.69, 9.17) is 4.74 Å². The van der Waals surface area contributed by atoms with E-state index in [2.05, 4.69) is 20.9 Å². The van der Waals surface area contributed by atoms with Gasteiger partial charge in [0.05, 0.1) is 19.1 Å². The molecule has 5 amide bonds. The van der Waals surface area contributed by atoms with Crippen molar-refractivity contribution in [3.8, 4) is 0 Å². The van der Waals surface area contributed by atoms with Gasteiger partial charge in [-0.3, -0.25) is 24.0 Å². The van der Waals surface area contributed by atoms with Gasteiger partial charge in [-0.2, -0.15) is 0 Å². The fourth-order valence-corrected chi connectivity index (χ4v) is 7.12. The molecule has 0 unspecified atom stereocenters. The SMILES string of the molecule is CCc1nccn1CCC(=O)N1CC(=O)N[C@@H](Cc2ccccc2)C(=O)N2CCC[C@@H]2C(=O)N[C@H](CC(C)C)C(=O)N[C@H]2CCO[C@H](C1)[C@H]2O. The molecule has 1 aromatic carbocycles. The summed E-state index contributed by atoms with van der Waals surface area (Å²) in [6.07, 6.45) is 4.01. The molecule has 3 fully saturated rings. The summed E-state index contributed by atoms with van der Waals surface area (Å²) in [5.41, 5.74) is 0.815. The summed E-state index contributed by atoms with van der Waals surface area (Å²) in [6.45, 7) is 6.26. The highest BCUT2D eigenvalue weighted by Crippen LogP contribution is 2.22. The summed E-state index contributed by atoms with van der Waals surface area (Å²) in [6, 6.07) is 5.85. The summed E-state index contributed by atoms with van der Waals surface area (Å²) < 4.78 is 7.81. The molecule has 0 spiro atoms. The van der Waals surface area contributed by atoms with Gasteiger partial charge in [0.25, 0.3) is 0 Å². The Hall–Kier alpha value is -4.30. The van der Waals surface area contributed by atoms with Crippen molar-refractivity contribution in [2.75, 3.05) is 26.2 Å². The number of rotatable bonds is 8. The van der Waals surface area contributed by atoms with Gasteiger partial charge in [0, 0.05) is 51.4 Å². The average Bonchev–Trinajstić information content (AvgIpc) is 3.77. The fraction of sp³-hybridized carbons (Fsp3) is 0.611. The van der Waals surface area contributed by atoms with E-state index >= 15 is 0 Å². The first-order chi connectivity index (χ1) is 24.0. The second-order valence-corrected chi connectivity index (χ2v) is 13.9. The Morgan fingerprint density at radius 3 is 2.56 bits per heavy atom. The zero-order valence-electron chi connectivity index (χ0n) is 29.3. The minimum absolute atomic E-state index is 0.0616. The molecule has 2 bridgehead atoms. The predicted molar refractivity (Wildman–Crippen MR) is 183 cm³/mol. The second-order valence-electron chi connectivity index (χ2n) is 13.9. The number of aliphatic hydroxyl groups is 1. The van der Waals surface area contributed by atoms with E-state index in [-0.39, 0.29) is 44.4 Å². The van der Waals surface area contributed by atoms with E-state index in [0.717, 1.165) is 11.4 Å². The van der Waals surface area contributed by atoms with Gasteiger partial charge in [-0.05, 0) is 37.2 Å². The van der Waals surface area contributed by atoms with Crippen molar-refractivity contribution in [2.24, 2.45) is 5.92 Å².